The monoisotopic (exact) mass is 317 g/mol. The number of carboxylic acid groups (broad SMARTS) is 1. The van der Waals surface area contributed by atoms with Gasteiger partial charge in [0.2, 0.25) is 0 Å². The first-order chi connectivity index (χ1) is 9.97. The molecular formula is C16H31NO5. The molecule has 0 aromatic rings. The molecule has 0 rings (SSSR count). The molecule has 0 saturated carbocycles. The number of carbonyl (C=O) groups is 2. The van der Waals surface area contributed by atoms with Gasteiger partial charge in [-0.1, -0.05) is 34.1 Å². The zero-order valence-corrected chi connectivity index (χ0v) is 14.8. The summed E-state index contributed by atoms with van der Waals surface area (Å²) in [6, 6.07) is -0.291. The number of hydrogen-bond acceptors (Lipinski definition) is 4. The standard InChI is InChI=1S/C16H31NO5/c1-8-11(4)12(17-15(20)22-16(5,6)7)9-21-13(10(2)3)14(18)19/h10-13H,8-9H2,1-7H3,(H,17,20)(H,18,19)/t11-,12?,13-/m0/s1. The van der Waals surface area contributed by atoms with E-state index in [1.54, 1.807) is 34.6 Å². The maximum atomic E-state index is 11.9. The molecule has 1 amide bonds. The molecule has 0 aromatic carbocycles. The second-order valence-corrected chi connectivity index (χ2v) is 6.97. The average molecular weight is 317 g/mol. The van der Waals surface area contributed by atoms with E-state index in [0.717, 1.165) is 6.42 Å². The van der Waals surface area contributed by atoms with Gasteiger partial charge in [-0.15, -0.1) is 0 Å². The fourth-order valence-corrected chi connectivity index (χ4v) is 1.85. The van der Waals surface area contributed by atoms with Crippen LogP contribution in [-0.4, -0.2) is 41.5 Å². The molecule has 3 atom stereocenters. The van der Waals surface area contributed by atoms with Crippen LogP contribution in [0.15, 0.2) is 0 Å². The topological polar surface area (TPSA) is 84.9 Å². The molecule has 2 N–H and O–H groups in total. The molecule has 6 heteroatoms. The largest absolute Gasteiger partial charge is 0.479 e. The second kappa shape index (κ2) is 8.98. The van der Waals surface area contributed by atoms with Crippen molar-refractivity contribution in [1.29, 1.82) is 0 Å². The quantitative estimate of drug-likeness (QED) is 0.718. The summed E-state index contributed by atoms with van der Waals surface area (Å²) in [7, 11) is 0. The van der Waals surface area contributed by atoms with Crippen LogP contribution in [0.5, 0.6) is 0 Å². The molecule has 1 unspecified atom stereocenters. The van der Waals surface area contributed by atoms with Crippen molar-refractivity contribution in [3.63, 3.8) is 0 Å². The van der Waals surface area contributed by atoms with Gasteiger partial charge in [0.15, 0.2) is 6.10 Å². The van der Waals surface area contributed by atoms with Crippen molar-refractivity contribution in [2.24, 2.45) is 11.8 Å². The Bertz CT molecular complexity index is 362. The van der Waals surface area contributed by atoms with Crippen molar-refractivity contribution in [1.82, 2.24) is 5.32 Å². The highest BCUT2D eigenvalue weighted by molar-refractivity contribution is 5.72. The van der Waals surface area contributed by atoms with E-state index < -0.39 is 23.8 Å². The van der Waals surface area contributed by atoms with Crippen LogP contribution < -0.4 is 5.32 Å². The van der Waals surface area contributed by atoms with Crippen LogP contribution in [0.3, 0.4) is 0 Å². The van der Waals surface area contributed by atoms with Gasteiger partial charge in [0.1, 0.15) is 5.60 Å². The summed E-state index contributed by atoms with van der Waals surface area (Å²) in [5.41, 5.74) is -0.577. The highest BCUT2D eigenvalue weighted by Gasteiger charge is 2.27. The minimum atomic E-state index is -0.991. The normalized spacial score (nSPS) is 16.0. The predicted molar refractivity (Wildman–Crippen MR) is 84.8 cm³/mol. The molecule has 130 valence electrons. The minimum Gasteiger partial charge on any atom is -0.479 e. The highest BCUT2D eigenvalue weighted by Crippen LogP contribution is 2.14. The molecule has 0 fully saturated rings. The first-order valence-corrected chi connectivity index (χ1v) is 7.81. The third kappa shape index (κ3) is 8.22. The Morgan fingerprint density at radius 1 is 1.18 bits per heavy atom. The van der Waals surface area contributed by atoms with E-state index in [4.69, 9.17) is 14.6 Å². The molecule has 0 aliphatic rings. The number of rotatable bonds is 8. The smallest absolute Gasteiger partial charge is 0.407 e. The first-order valence-electron chi connectivity index (χ1n) is 7.81. The van der Waals surface area contributed by atoms with Crippen LogP contribution in [0.1, 0.15) is 54.9 Å². The van der Waals surface area contributed by atoms with Gasteiger partial charge in [-0.2, -0.15) is 0 Å². The second-order valence-electron chi connectivity index (χ2n) is 6.97. The lowest BCUT2D eigenvalue weighted by Crippen LogP contribution is -2.46. The van der Waals surface area contributed by atoms with Crippen LogP contribution in [-0.2, 0) is 14.3 Å². The molecule has 0 saturated heterocycles. The van der Waals surface area contributed by atoms with Crippen molar-refractivity contribution in [3.05, 3.63) is 0 Å². The Balaban J connectivity index is 4.72. The summed E-state index contributed by atoms with van der Waals surface area (Å²) < 4.78 is 10.8. The summed E-state index contributed by atoms with van der Waals surface area (Å²) in [4.78, 5) is 23.1. The molecule has 0 bridgehead atoms. The van der Waals surface area contributed by atoms with Crippen molar-refractivity contribution in [2.45, 2.75) is 72.6 Å². The van der Waals surface area contributed by atoms with E-state index in [0.29, 0.717) is 0 Å². The molecule has 0 heterocycles. The van der Waals surface area contributed by atoms with Gasteiger partial charge < -0.3 is 19.9 Å². The van der Waals surface area contributed by atoms with Crippen molar-refractivity contribution in [3.8, 4) is 0 Å². The SMILES string of the molecule is CC[C@H](C)C(CO[C@H](C(=O)O)C(C)C)NC(=O)OC(C)(C)C. The lowest BCUT2D eigenvalue weighted by Gasteiger charge is -2.28. The molecule has 22 heavy (non-hydrogen) atoms. The summed E-state index contributed by atoms with van der Waals surface area (Å²) in [6.07, 6.45) is -0.562. The van der Waals surface area contributed by atoms with Crippen LogP contribution >= 0.6 is 0 Å². The number of ether oxygens (including phenoxy) is 2. The van der Waals surface area contributed by atoms with Gasteiger partial charge in [-0.05, 0) is 32.6 Å². The van der Waals surface area contributed by atoms with Gasteiger partial charge in [0, 0.05) is 0 Å². The Labute approximate surface area is 133 Å². The Hall–Kier alpha value is -1.30. The lowest BCUT2D eigenvalue weighted by molar-refractivity contribution is -0.154. The zero-order valence-electron chi connectivity index (χ0n) is 14.8. The molecule has 6 nitrogen and oxygen atoms in total. The molecule has 0 radical (unpaired) electrons. The number of amides is 1. The fraction of sp³-hybridized carbons (Fsp3) is 0.875. The number of aliphatic carboxylic acids is 1. The van der Waals surface area contributed by atoms with E-state index in [2.05, 4.69) is 5.32 Å². The average Bonchev–Trinajstić information content (AvgIpc) is 2.33. The van der Waals surface area contributed by atoms with E-state index in [-0.39, 0.29) is 24.5 Å². The number of hydrogen-bond donors (Lipinski definition) is 2. The van der Waals surface area contributed by atoms with Gasteiger partial charge in [0.05, 0.1) is 12.6 Å². The maximum absolute atomic E-state index is 11.9. The van der Waals surface area contributed by atoms with Gasteiger partial charge >= 0.3 is 12.1 Å². The predicted octanol–water partition coefficient (Wildman–Crippen LogP) is 3.05. The lowest BCUT2D eigenvalue weighted by atomic mass is 9.99. The first kappa shape index (κ1) is 20.7. The van der Waals surface area contributed by atoms with Crippen LogP contribution in [0.4, 0.5) is 4.79 Å². The third-order valence-electron chi connectivity index (χ3n) is 3.34. The van der Waals surface area contributed by atoms with E-state index >= 15 is 0 Å². The summed E-state index contributed by atoms with van der Waals surface area (Å²) in [5, 5.41) is 11.9. The summed E-state index contributed by atoms with van der Waals surface area (Å²) >= 11 is 0. The number of alkyl carbamates (subject to hydrolysis) is 1. The van der Waals surface area contributed by atoms with E-state index in [1.165, 1.54) is 0 Å². The van der Waals surface area contributed by atoms with Crippen molar-refractivity contribution in [2.75, 3.05) is 6.61 Å². The molecular weight excluding hydrogens is 286 g/mol. The van der Waals surface area contributed by atoms with Gasteiger partial charge in [0.25, 0.3) is 0 Å². The molecule has 0 aliphatic heterocycles. The summed E-state index contributed by atoms with van der Waals surface area (Å²) in [5.74, 6) is -0.985. The van der Waals surface area contributed by atoms with Crippen molar-refractivity contribution < 1.29 is 24.2 Å². The highest BCUT2D eigenvalue weighted by atomic mass is 16.6. The van der Waals surface area contributed by atoms with E-state index in [1.807, 2.05) is 13.8 Å². The number of carbonyl (C=O) groups excluding carboxylic acids is 1. The number of nitrogens with one attached hydrogen (secondary N) is 1. The molecule has 0 spiro atoms. The van der Waals surface area contributed by atoms with Gasteiger partial charge in [-0.25, -0.2) is 9.59 Å². The Morgan fingerprint density at radius 2 is 1.73 bits per heavy atom. The Morgan fingerprint density at radius 3 is 2.09 bits per heavy atom. The maximum Gasteiger partial charge on any atom is 0.407 e. The number of carboxylic acids is 1. The van der Waals surface area contributed by atoms with E-state index in [9.17, 15) is 9.59 Å². The molecule has 0 aliphatic carbocycles. The zero-order chi connectivity index (χ0) is 17.5. The van der Waals surface area contributed by atoms with Crippen LogP contribution in [0.25, 0.3) is 0 Å². The minimum absolute atomic E-state index is 0.142. The van der Waals surface area contributed by atoms with Crippen LogP contribution in [0, 0.1) is 11.8 Å². The summed E-state index contributed by atoms with van der Waals surface area (Å²) in [6.45, 7) is 13.1. The Kier molecular flexibility index (Phi) is 8.45. The van der Waals surface area contributed by atoms with Crippen molar-refractivity contribution >= 4 is 12.1 Å². The van der Waals surface area contributed by atoms with Gasteiger partial charge in [-0.3, -0.25) is 0 Å². The fourth-order valence-electron chi connectivity index (χ4n) is 1.85. The third-order valence-corrected chi connectivity index (χ3v) is 3.34. The van der Waals surface area contributed by atoms with Crippen LogP contribution in [0.2, 0.25) is 0 Å². The molecule has 0 aromatic heterocycles.